The average Bonchev–Trinajstić information content (AvgIpc) is 3.14. The molecule has 2 N–H and O–H groups in total. The maximum Gasteiger partial charge on any atom is 0.335 e. The lowest BCUT2D eigenvalue weighted by Crippen LogP contribution is -2.36. The zero-order valence-corrected chi connectivity index (χ0v) is 15.2. The van der Waals surface area contributed by atoms with E-state index < -0.39 is 16.0 Å². The molecule has 1 aliphatic rings. The molecule has 0 spiro atoms. The standard InChI is InChI=1S/C17H18N4O4S/c1-10-18-8-16(20(10)2)26(24,25)21-6-5-15-13(9-21)12-7-11(17(22)23)3-4-14(12)19-15/h3-4,7-8,19H,5-6,9H2,1-2H3,(H,22,23). The second-order valence-corrected chi connectivity index (χ2v) is 8.32. The zero-order valence-electron chi connectivity index (χ0n) is 14.4. The van der Waals surface area contributed by atoms with Gasteiger partial charge in [0.15, 0.2) is 5.03 Å². The molecule has 2 aromatic heterocycles. The Balaban J connectivity index is 1.77. The van der Waals surface area contributed by atoms with Crippen LogP contribution in [0.4, 0.5) is 0 Å². The van der Waals surface area contributed by atoms with Crippen molar-refractivity contribution in [2.24, 2.45) is 7.05 Å². The number of nitrogens with one attached hydrogen (secondary N) is 1. The topological polar surface area (TPSA) is 108 Å². The van der Waals surface area contributed by atoms with Crippen LogP contribution in [0.1, 0.15) is 27.4 Å². The van der Waals surface area contributed by atoms with Gasteiger partial charge in [-0.05, 0) is 30.7 Å². The Morgan fingerprint density at radius 3 is 2.77 bits per heavy atom. The van der Waals surface area contributed by atoms with Crippen molar-refractivity contribution >= 4 is 26.9 Å². The Labute approximate surface area is 150 Å². The van der Waals surface area contributed by atoms with Gasteiger partial charge in [-0.25, -0.2) is 18.2 Å². The number of hydrogen-bond donors (Lipinski definition) is 2. The predicted octanol–water partition coefficient (Wildman–Crippen LogP) is 1.66. The molecule has 136 valence electrons. The first-order chi connectivity index (χ1) is 12.3. The van der Waals surface area contributed by atoms with Crippen molar-refractivity contribution in [3.05, 3.63) is 47.0 Å². The number of aromatic carboxylic acids is 1. The first-order valence-electron chi connectivity index (χ1n) is 8.14. The summed E-state index contributed by atoms with van der Waals surface area (Å²) in [5.74, 6) is -0.382. The van der Waals surface area contributed by atoms with Crippen LogP contribution in [-0.4, -0.2) is 44.9 Å². The molecule has 0 saturated carbocycles. The normalized spacial score (nSPS) is 15.3. The fourth-order valence-electron chi connectivity index (χ4n) is 3.38. The molecule has 4 rings (SSSR count). The van der Waals surface area contributed by atoms with E-state index in [-0.39, 0.29) is 17.1 Å². The fraction of sp³-hybridized carbons (Fsp3) is 0.294. The number of carboxylic acid groups (broad SMARTS) is 1. The lowest BCUT2D eigenvalue weighted by atomic mass is 10.0. The number of carboxylic acids is 1. The van der Waals surface area contributed by atoms with Crippen molar-refractivity contribution in [1.29, 1.82) is 0 Å². The minimum absolute atomic E-state index is 0.157. The smallest absolute Gasteiger partial charge is 0.335 e. The van der Waals surface area contributed by atoms with Gasteiger partial charge in [0.05, 0.1) is 11.8 Å². The van der Waals surface area contributed by atoms with E-state index in [0.29, 0.717) is 18.8 Å². The molecular formula is C17H18N4O4S. The maximum absolute atomic E-state index is 13.0. The number of H-pyrrole nitrogens is 1. The fourth-order valence-corrected chi connectivity index (χ4v) is 4.94. The molecule has 3 aromatic rings. The predicted molar refractivity (Wildman–Crippen MR) is 94.5 cm³/mol. The van der Waals surface area contributed by atoms with Crippen LogP contribution in [0.2, 0.25) is 0 Å². The van der Waals surface area contributed by atoms with Crippen LogP contribution in [-0.2, 0) is 30.0 Å². The first-order valence-corrected chi connectivity index (χ1v) is 9.58. The van der Waals surface area contributed by atoms with Crippen LogP contribution >= 0.6 is 0 Å². The van der Waals surface area contributed by atoms with Gasteiger partial charge < -0.3 is 14.7 Å². The summed E-state index contributed by atoms with van der Waals surface area (Å²) in [6.45, 7) is 2.31. The number of carbonyl (C=O) groups is 1. The molecule has 1 aliphatic heterocycles. The Bertz CT molecular complexity index is 1140. The van der Waals surface area contributed by atoms with Gasteiger partial charge in [0.1, 0.15) is 5.82 Å². The van der Waals surface area contributed by atoms with E-state index in [4.69, 9.17) is 0 Å². The second kappa shape index (κ2) is 5.68. The van der Waals surface area contributed by atoms with E-state index in [0.717, 1.165) is 22.2 Å². The summed E-state index contributed by atoms with van der Waals surface area (Å²) in [7, 11) is -2.01. The van der Waals surface area contributed by atoms with Crippen LogP contribution in [0.25, 0.3) is 10.9 Å². The maximum atomic E-state index is 13.0. The number of aromatic amines is 1. The van der Waals surface area contributed by atoms with Crippen LogP contribution < -0.4 is 0 Å². The monoisotopic (exact) mass is 374 g/mol. The molecule has 1 aromatic carbocycles. The third-order valence-electron chi connectivity index (χ3n) is 4.97. The highest BCUT2D eigenvalue weighted by Crippen LogP contribution is 2.31. The molecule has 0 saturated heterocycles. The summed E-state index contributed by atoms with van der Waals surface area (Å²) < 4.78 is 29.0. The number of sulfonamides is 1. The molecule has 9 heteroatoms. The molecule has 8 nitrogen and oxygen atoms in total. The van der Waals surface area contributed by atoms with Crippen LogP contribution in [0.5, 0.6) is 0 Å². The van der Waals surface area contributed by atoms with E-state index in [2.05, 4.69) is 9.97 Å². The summed E-state index contributed by atoms with van der Waals surface area (Å²) in [5.41, 5.74) is 2.78. The number of nitrogens with zero attached hydrogens (tertiary/aromatic N) is 3. The van der Waals surface area contributed by atoms with Gasteiger partial charge in [-0.1, -0.05) is 0 Å². The number of fused-ring (bicyclic) bond motifs is 3. The Morgan fingerprint density at radius 2 is 2.12 bits per heavy atom. The number of imidazole rings is 1. The van der Waals surface area contributed by atoms with Crippen molar-refractivity contribution < 1.29 is 18.3 Å². The lowest BCUT2D eigenvalue weighted by Gasteiger charge is -2.26. The summed E-state index contributed by atoms with van der Waals surface area (Å²) >= 11 is 0. The van der Waals surface area contributed by atoms with Gasteiger partial charge in [0.2, 0.25) is 0 Å². The molecule has 0 fully saturated rings. The zero-order chi connectivity index (χ0) is 18.6. The Kier molecular flexibility index (Phi) is 3.67. The summed E-state index contributed by atoms with van der Waals surface area (Å²) in [6.07, 6.45) is 1.92. The summed E-state index contributed by atoms with van der Waals surface area (Å²) in [6, 6.07) is 4.86. The van der Waals surface area contributed by atoms with Gasteiger partial charge in [0, 0.05) is 43.2 Å². The van der Waals surface area contributed by atoms with Crippen molar-refractivity contribution in [3.8, 4) is 0 Å². The van der Waals surface area contributed by atoms with Gasteiger partial charge in [-0.15, -0.1) is 0 Å². The summed E-state index contributed by atoms with van der Waals surface area (Å²) in [5, 5.41) is 10.1. The van der Waals surface area contributed by atoms with Crippen molar-refractivity contribution in [3.63, 3.8) is 0 Å². The highest BCUT2D eigenvalue weighted by atomic mass is 32.2. The first kappa shape index (κ1) is 16.8. The van der Waals surface area contributed by atoms with Gasteiger partial charge >= 0.3 is 5.97 Å². The van der Waals surface area contributed by atoms with Gasteiger partial charge in [0.25, 0.3) is 10.0 Å². The Morgan fingerprint density at radius 1 is 1.35 bits per heavy atom. The van der Waals surface area contributed by atoms with E-state index in [9.17, 15) is 18.3 Å². The van der Waals surface area contributed by atoms with E-state index in [1.54, 1.807) is 36.7 Å². The lowest BCUT2D eigenvalue weighted by molar-refractivity contribution is 0.0697. The molecule has 0 amide bonds. The van der Waals surface area contributed by atoms with Crippen LogP contribution in [0.15, 0.2) is 29.4 Å². The van der Waals surface area contributed by atoms with Crippen LogP contribution in [0.3, 0.4) is 0 Å². The van der Waals surface area contributed by atoms with E-state index in [1.165, 1.54) is 10.5 Å². The van der Waals surface area contributed by atoms with Gasteiger partial charge in [-0.3, -0.25) is 0 Å². The second-order valence-electron chi connectivity index (χ2n) is 6.44. The third-order valence-corrected chi connectivity index (χ3v) is 6.87. The molecule has 0 radical (unpaired) electrons. The molecule has 0 atom stereocenters. The molecule has 0 bridgehead atoms. The number of aromatic nitrogens is 3. The highest BCUT2D eigenvalue weighted by molar-refractivity contribution is 7.89. The molecule has 0 unspecified atom stereocenters. The number of hydrogen-bond acceptors (Lipinski definition) is 4. The van der Waals surface area contributed by atoms with Crippen molar-refractivity contribution in [2.75, 3.05) is 6.54 Å². The van der Waals surface area contributed by atoms with Crippen molar-refractivity contribution in [2.45, 2.75) is 24.9 Å². The number of benzene rings is 1. The van der Waals surface area contributed by atoms with Crippen molar-refractivity contribution in [1.82, 2.24) is 18.8 Å². The minimum Gasteiger partial charge on any atom is -0.478 e. The molecule has 26 heavy (non-hydrogen) atoms. The van der Waals surface area contributed by atoms with Gasteiger partial charge in [-0.2, -0.15) is 4.31 Å². The SMILES string of the molecule is Cc1ncc(S(=O)(=O)N2CCc3[nH]c4ccc(C(=O)O)cc4c3C2)n1C. The molecule has 0 aliphatic carbocycles. The highest BCUT2D eigenvalue weighted by Gasteiger charge is 2.32. The van der Waals surface area contributed by atoms with E-state index in [1.807, 2.05) is 0 Å². The van der Waals surface area contributed by atoms with E-state index >= 15 is 0 Å². The van der Waals surface area contributed by atoms with Crippen LogP contribution in [0, 0.1) is 6.92 Å². The summed E-state index contributed by atoms with van der Waals surface area (Å²) in [4.78, 5) is 18.6. The number of rotatable bonds is 3. The quantitative estimate of drug-likeness (QED) is 0.725. The third kappa shape index (κ3) is 2.43. The largest absolute Gasteiger partial charge is 0.478 e. The Hall–Kier alpha value is -2.65. The number of aryl methyl sites for hydroxylation is 1. The molecule has 3 heterocycles. The molecular weight excluding hydrogens is 356 g/mol. The average molecular weight is 374 g/mol. The minimum atomic E-state index is -3.68.